The molecule has 2 N–H and O–H groups in total. The topological polar surface area (TPSA) is 58.1 Å². The fourth-order valence-electron chi connectivity index (χ4n) is 2.73. The van der Waals surface area contributed by atoms with Gasteiger partial charge in [-0.05, 0) is 45.2 Å². The number of hydrogen-bond acceptors (Lipinski definition) is 4. The maximum Gasteiger partial charge on any atom is 0.191 e. The van der Waals surface area contributed by atoms with Gasteiger partial charge in [-0.15, -0.1) is 24.0 Å². The van der Waals surface area contributed by atoms with E-state index in [0.29, 0.717) is 5.92 Å². The van der Waals surface area contributed by atoms with Crippen molar-refractivity contribution in [1.82, 2.24) is 15.5 Å². The predicted molar refractivity (Wildman–Crippen MR) is 116 cm³/mol. The predicted octanol–water partition coefficient (Wildman–Crippen LogP) is 2.33. The summed E-state index contributed by atoms with van der Waals surface area (Å²) in [6, 6.07) is 0. The van der Waals surface area contributed by atoms with Gasteiger partial charge in [-0.1, -0.05) is 13.8 Å². The highest BCUT2D eigenvalue weighted by molar-refractivity contribution is 14.0. The maximum atomic E-state index is 5.78. The van der Waals surface area contributed by atoms with Crippen LogP contribution < -0.4 is 10.6 Å². The second-order valence-electron chi connectivity index (χ2n) is 6.20. The second-order valence-corrected chi connectivity index (χ2v) is 6.20. The third-order valence-corrected chi connectivity index (χ3v) is 4.37. The first kappa shape index (κ1) is 24.9. The van der Waals surface area contributed by atoms with Crippen LogP contribution in [0.3, 0.4) is 0 Å². The van der Waals surface area contributed by atoms with Gasteiger partial charge in [0.2, 0.25) is 0 Å². The van der Waals surface area contributed by atoms with E-state index in [-0.39, 0.29) is 24.0 Å². The minimum Gasteiger partial charge on any atom is -0.381 e. The van der Waals surface area contributed by atoms with Crippen LogP contribution in [-0.2, 0) is 9.47 Å². The molecule has 1 rings (SSSR count). The van der Waals surface area contributed by atoms with Crippen LogP contribution in [0.1, 0.15) is 40.0 Å². The molecule has 0 bridgehead atoms. The molecule has 0 aliphatic carbocycles. The Balaban J connectivity index is 0.00000576. The second kappa shape index (κ2) is 17.3. The molecule has 1 heterocycles. The third kappa shape index (κ3) is 12.8. The van der Waals surface area contributed by atoms with Crippen LogP contribution in [-0.4, -0.2) is 76.6 Å². The van der Waals surface area contributed by atoms with E-state index in [4.69, 9.17) is 9.47 Å². The quantitative estimate of drug-likeness (QED) is 0.199. The summed E-state index contributed by atoms with van der Waals surface area (Å²) in [6.45, 7) is 15.8. The number of guanidine groups is 1. The van der Waals surface area contributed by atoms with Crippen molar-refractivity contribution in [1.29, 1.82) is 0 Å². The molecule has 0 amide bonds. The van der Waals surface area contributed by atoms with Gasteiger partial charge in [-0.2, -0.15) is 0 Å². The van der Waals surface area contributed by atoms with Crippen LogP contribution in [0.4, 0.5) is 0 Å². The van der Waals surface area contributed by atoms with E-state index in [9.17, 15) is 0 Å². The number of nitrogens with one attached hydrogen (secondary N) is 2. The van der Waals surface area contributed by atoms with Gasteiger partial charge >= 0.3 is 0 Å². The van der Waals surface area contributed by atoms with Gasteiger partial charge < -0.3 is 25.0 Å². The number of rotatable bonds is 12. The number of nitrogens with zero attached hydrogens (tertiary/aromatic N) is 2. The molecule has 0 radical (unpaired) electrons. The number of halogens is 1. The van der Waals surface area contributed by atoms with Crippen molar-refractivity contribution in [3.8, 4) is 0 Å². The molecule has 6 nitrogen and oxygen atoms in total. The summed E-state index contributed by atoms with van der Waals surface area (Å²) in [5, 5.41) is 6.71. The largest absolute Gasteiger partial charge is 0.381 e. The summed E-state index contributed by atoms with van der Waals surface area (Å²) < 4.78 is 11.1. The standard InChI is InChI=1S/C18H38N4O2.HI/c1-4-19-18(21-11-12-22(5-2)6-3)20-10-7-13-24-16-17-8-14-23-15-9-17;/h17H,4-16H2,1-3H3,(H2,19,20,21);1H. The lowest BCUT2D eigenvalue weighted by Crippen LogP contribution is -2.41. The van der Waals surface area contributed by atoms with Crippen LogP contribution in [0.5, 0.6) is 0 Å². The van der Waals surface area contributed by atoms with Gasteiger partial charge in [-0.25, -0.2) is 0 Å². The number of hydrogen-bond donors (Lipinski definition) is 2. The summed E-state index contributed by atoms with van der Waals surface area (Å²) >= 11 is 0. The van der Waals surface area contributed by atoms with Crippen LogP contribution >= 0.6 is 24.0 Å². The molecule has 0 saturated carbocycles. The van der Waals surface area contributed by atoms with Gasteiger partial charge in [0.05, 0.1) is 0 Å². The highest BCUT2D eigenvalue weighted by Crippen LogP contribution is 2.14. The number of ether oxygens (including phenoxy) is 2. The van der Waals surface area contributed by atoms with Gasteiger partial charge in [-0.3, -0.25) is 4.99 Å². The van der Waals surface area contributed by atoms with E-state index in [1.54, 1.807) is 0 Å². The highest BCUT2D eigenvalue weighted by atomic mass is 127. The minimum absolute atomic E-state index is 0. The van der Waals surface area contributed by atoms with Crippen LogP contribution in [0, 0.1) is 5.92 Å². The summed E-state index contributed by atoms with van der Waals surface area (Å²) in [4.78, 5) is 7.03. The maximum absolute atomic E-state index is 5.78. The molecule has 25 heavy (non-hydrogen) atoms. The average Bonchev–Trinajstić information content (AvgIpc) is 2.62. The Morgan fingerprint density at radius 1 is 1.16 bits per heavy atom. The Kier molecular flexibility index (Phi) is 17.2. The average molecular weight is 470 g/mol. The van der Waals surface area contributed by atoms with E-state index in [1.165, 1.54) is 0 Å². The zero-order chi connectivity index (χ0) is 17.5. The van der Waals surface area contributed by atoms with Gasteiger partial charge in [0.1, 0.15) is 0 Å². The molecule has 1 saturated heterocycles. The molecule has 0 unspecified atom stereocenters. The summed E-state index contributed by atoms with van der Waals surface area (Å²) in [5.41, 5.74) is 0. The van der Waals surface area contributed by atoms with E-state index >= 15 is 0 Å². The Morgan fingerprint density at radius 2 is 1.88 bits per heavy atom. The molecule has 7 heteroatoms. The molecule has 0 aromatic rings. The molecule has 1 aliphatic rings. The van der Waals surface area contributed by atoms with Crippen molar-refractivity contribution < 1.29 is 9.47 Å². The first-order chi connectivity index (χ1) is 11.8. The molecular weight excluding hydrogens is 431 g/mol. The van der Waals surface area contributed by atoms with Gasteiger partial charge in [0, 0.05) is 52.6 Å². The van der Waals surface area contributed by atoms with Crippen molar-refractivity contribution in [2.75, 3.05) is 65.7 Å². The van der Waals surface area contributed by atoms with Crippen LogP contribution in [0.15, 0.2) is 4.99 Å². The Bertz CT molecular complexity index is 322. The lowest BCUT2D eigenvalue weighted by molar-refractivity contribution is 0.0205. The van der Waals surface area contributed by atoms with Crippen molar-refractivity contribution in [3.05, 3.63) is 0 Å². The summed E-state index contributed by atoms with van der Waals surface area (Å²) in [6.07, 6.45) is 3.24. The minimum atomic E-state index is 0. The fraction of sp³-hybridized carbons (Fsp3) is 0.944. The van der Waals surface area contributed by atoms with Gasteiger partial charge in [0.25, 0.3) is 0 Å². The molecule has 0 spiro atoms. The molecule has 1 aliphatic heterocycles. The highest BCUT2D eigenvalue weighted by Gasteiger charge is 2.13. The van der Waals surface area contributed by atoms with Crippen LogP contribution in [0.2, 0.25) is 0 Å². The van der Waals surface area contributed by atoms with Crippen molar-refractivity contribution >= 4 is 29.9 Å². The molecule has 1 fully saturated rings. The first-order valence-corrected chi connectivity index (χ1v) is 9.70. The molecule has 0 aromatic carbocycles. The first-order valence-electron chi connectivity index (χ1n) is 9.70. The van der Waals surface area contributed by atoms with Crippen molar-refractivity contribution in [3.63, 3.8) is 0 Å². The van der Waals surface area contributed by atoms with Crippen molar-refractivity contribution in [2.24, 2.45) is 10.9 Å². The lowest BCUT2D eigenvalue weighted by atomic mass is 10.0. The smallest absolute Gasteiger partial charge is 0.191 e. The lowest BCUT2D eigenvalue weighted by Gasteiger charge is -2.21. The Morgan fingerprint density at radius 3 is 2.52 bits per heavy atom. The Labute approximate surface area is 171 Å². The third-order valence-electron chi connectivity index (χ3n) is 4.37. The van der Waals surface area contributed by atoms with E-state index in [0.717, 1.165) is 90.9 Å². The van der Waals surface area contributed by atoms with Gasteiger partial charge in [0.15, 0.2) is 5.96 Å². The molecule has 0 aromatic heterocycles. The van der Waals surface area contributed by atoms with E-state index in [1.807, 2.05) is 0 Å². The Hall–Kier alpha value is -0.120. The monoisotopic (exact) mass is 470 g/mol. The molecular formula is C18H39IN4O2. The van der Waals surface area contributed by atoms with Crippen LogP contribution in [0.25, 0.3) is 0 Å². The van der Waals surface area contributed by atoms with Crippen molar-refractivity contribution in [2.45, 2.75) is 40.0 Å². The summed E-state index contributed by atoms with van der Waals surface area (Å²) in [5.74, 6) is 1.59. The van der Waals surface area contributed by atoms with E-state index < -0.39 is 0 Å². The number of likely N-dealkylation sites (N-methyl/N-ethyl adjacent to an activating group) is 1. The zero-order valence-electron chi connectivity index (χ0n) is 16.4. The number of aliphatic imine (C=N–C) groups is 1. The molecule has 150 valence electrons. The molecule has 0 atom stereocenters. The summed E-state index contributed by atoms with van der Waals surface area (Å²) in [7, 11) is 0. The van der Waals surface area contributed by atoms with E-state index in [2.05, 4.69) is 41.3 Å². The fourth-order valence-corrected chi connectivity index (χ4v) is 2.73. The SMILES string of the molecule is CCNC(=NCCCOCC1CCOCC1)NCCN(CC)CC.I. The zero-order valence-corrected chi connectivity index (χ0v) is 18.7. The normalized spacial score (nSPS) is 15.9.